The van der Waals surface area contributed by atoms with Crippen LogP contribution in [0.4, 0.5) is 0 Å². The molecule has 132 valence electrons. The van der Waals surface area contributed by atoms with Gasteiger partial charge in [-0.15, -0.1) is 0 Å². The average molecular weight is 332 g/mol. The summed E-state index contributed by atoms with van der Waals surface area (Å²) in [6.07, 6.45) is 2.69. The highest BCUT2D eigenvalue weighted by atomic mass is 16.6. The average Bonchev–Trinajstić information content (AvgIpc) is 2.65. The Kier molecular flexibility index (Phi) is 5.61. The third-order valence-corrected chi connectivity index (χ3v) is 5.12. The van der Waals surface area contributed by atoms with Crippen LogP contribution in [0.3, 0.4) is 0 Å². The molecule has 2 aliphatic rings. The molecule has 5 heteroatoms. The smallest absolute Gasteiger partial charge is 0.222 e. The predicted molar refractivity (Wildman–Crippen MR) is 93.3 cm³/mol. The number of para-hydroxylation sites is 1. The van der Waals surface area contributed by atoms with Gasteiger partial charge in [0, 0.05) is 37.7 Å². The summed E-state index contributed by atoms with van der Waals surface area (Å²) in [5.74, 6) is 2.50. The number of hydrogen-bond acceptors (Lipinski definition) is 4. The normalized spacial score (nSPS) is 23.2. The molecule has 2 heterocycles. The standard InChI is InChI=1S/C19H28N2O3/c1-3-14-13-21(18(22)4-2)9-8-16(14)20-12-15-6-5-7-17-19(15)24-11-10-23-17/h5-7,14,16,20H,3-4,8-13H2,1-2H3/t14-,16+/m1/s1. The van der Waals surface area contributed by atoms with Gasteiger partial charge < -0.3 is 19.7 Å². The lowest BCUT2D eigenvalue weighted by molar-refractivity contribution is -0.133. The number of ether oxygens (including phenoxy) is 2. The number of piperidine rings is 1. The number of nitrogens with one attached hydrogen (secondary N) is 1. The van der Waals surface area contributed by atoms with Crippen molar-refractivity contribution >= 4 is 5.91 Å². The summed E-state index contributed by atoms with van der Waals surface area (Å²) in [6, 6.07) is 6.51. The van der Waals surface area contributed by atoms with Crippen molar-refractivity contribution in [1.29, 1.82) is 0 Å². The molecule has 2 atom stereocenters. The molecule has 0 aromatic heterocycles. The first-order valence-corrected chi connectivity index (χ1v) is 9.11. The van der Waals surface area contributed by atoms with Crippen LogP contribution in [0.5, 0.6) is 11.5 Å². The Morgan fingerprint density at radius 3 is 2.92 bits per heavy atom. The Morgan fingerprint density at radius 1 is 1.29 bits per heavy atom. The van der Waals surface area contributed by atoms with E-state index in [1.165, 1.54) is 0 Å². The van der Waals surface area contributed by atoms with Gasteiger partial charge in [-0.05, 0) is 18.4 Å². The number of likely N-dealkylation sites (tertiary alicyclic amines) is 1. The molecule has 0 radical (unpaired) electrons. The van der Waals surface area contributed by atoms with Crippen LogP contribution >= 0.6 is 0 Å². The van der Waals surface area contributed by atoms with Crippen LogP contribution in [-0.4, -0.2) is 43.2 Å². The van der Waals surface area contributed by atoms with Gasteiger partial charge in [-0.25, -0.2) is 0 Å². The number of hydrogen-bond donors (Lipinski definition) is 1. The van der Waals surface area contributed by atoms with Crippen molar-refractivity contribution in [2.24, 2.45) is 5.92 Å². The summed E-state index contributed by atoms with van der Waals surface area (Å²) < 4.78 is 11.4. The van der Waals surface area contributed by atoms with E-state index in [2.05, 4.69) is 18.3 Å². The molecule has 1 aromatic rings. The number of carbonyl (C=O) groups is 1. The van der Waals surface area contributed by atoms with Crippen molar-refractivity contribution in [2.45, 2.75) is 45.7 Å². The molecule has 1 aromatic carbocycles. The van der Waals surface area contributed by atoms with Gasteiger partial charge in [0.05, 0.1) is 0 Å². The molecule has 0 aliphatic carbocycles. The van der Waals surface area contributed by atoms with Gasteiger partial charge in [-0.2, -0.15) is 0 Å². The summed E-state index contributed by atoms with van der Waals surface area (Å²) in [5, 5.41) is 3.69. The van der Waals surface area contributed by atoms with Crippen LogP contribution in [0.15, 0.2) is 18.2 Å². The van der Waals surface area contributed by atoms with Crippen LogP contribution in [0, 0.1) is 5.92 Å². The van der Waals surface area contributed by atoms with E-state index in [-0.39, 0.29) is 5.91 Å². The summed E-state index contributed by atoms with van der Waals surface area (Å²) >= 11 is 0. The van der Waals surface area contributed by atoms with Crippen molar-refractivity contribution < 1.29 is 14.3 Å². The maximum atomic E-state index is 11.9. The monoisotopic (exact) mass is 332 g/mol. The Hall–Kier alpha value is -1.75. The molecule has 3 rings (SSSR count). The lowest BCUT2D eigenvalue weighted by Crippen LogP contribution is -2.50. The van der Waals surface area contributed by atoms with Crippen LogP contribution in [0.1, 0.15) is 38.7 Å². The van der Waals surface area contributed by atoms with Crippen LogP contribution < -0.4 is 14.8 Å². The Labute approximate surface area is 144 Å². The van der Waals surface area contributed by atoms with Gasteiger partial charge in [0.15, 0.2) is 11.5 Å². The van der Waals surface area contributed by atoms with Gasteiger partial charge in [0.25, 0.3) is 0 Å². The summed E-state index contributed by atoms with van der Waals surface area (Å²) in [6.45, 7) is 7.87. The molecule has 2 aliphatic heterocycles. The predicted octanol–water partition coefficient (Wildman–Crippen LogP) is 2.58. The minimum atomic E-state index is 0.273. The maximum Gasteiger partial charge on any atom is 0.222 e. The highest BCUT2D eigenvalue weighted by Crippen LogP contribution is 2.33. The van der Waals surface area contributed by atoms with Gasteiger partial charge in [0.2, 0.25) is 5.91 Å². The fourth-order valence-electron chi connectivity index (χ4n) is 3.68. The first-order valence-electron chi connectivity index (χ1n) is 9.11. The third-order valence-electron chi connectivity index (χ3n) is 5.12. The minimum Gasteiger partial charge on any atom is -0.486 e. The van der Waals surface area contributed by atoms with Crippen molar-refractivity contribution in [2.75, 3.05) is 26.3 Å². The van der Waals surface area contributed by atoms with Gasteiger partial charge in [0.1, 0.15) is 13.2 Å². The molecule has 0 bridgehead atoms. The fourth-order valence-corrected chi connectivity index (χ4v) is 3.68. The van der Waals surface area contributed by atoms with E-state index < -0.39 is 0 Å². The number of amides is 1. The molecule has 0 unspecified atom stereocenters. The summed E-state index contributed by atoms with van der Waals surface area (Å²) in [5.41, 5.74) is 1.15. The molecule has 1 N–H and O–H groups in total. The van der Waals surface area contributed by atoms with Crippen molar-refractivity contribution in [3.8, 4) is 11.5 Å². The first-order chi connectivity index (χ1) is 11.7. The highest BCUT2D eigenvalue weighted by Gasteiger charge is 2.29. The molecular formula is C19H28N2O3. The summed E-state index contributed by atoms with van der Waals surface area (Å²) in [7, 11) is 0. The molecule has 1 fully saturated rings. The number of carbonyl (C=O) groups excluding carboxylic acids is 1. The highest BCUT2D eigenvalue weighted by molar-refractivity contribution is 5.75. The van der Waals surface area contributed by atoms with Gasteiger partial charge >= 0.3 is 0 Å². The Bertz CT molecular complexity index is 576. The zero-order chi connectivity index (χ0) is 16.9. The lowest BCUT2D eigenvalue weighted by Gasteiger charge is -2.39. The molecular weight excluding hydrogens is 304 g/mol. The SMILES string of the molecule is CCC(=O)N1CC[C@H](NCc2cccc3c2OCCO3)[C@H](CC)C1. The van der Waals surface area contributed by atoms with Crippen molar-refractivity contribution in [1.82, 2.24) is 10.2 Å². The number of benzene rings is 1. The van der Waals surface area contributed by atoms with E-state index >= 15 is 0 Å². The second kappa shape index (κ2) is 7.88. The zero-order valence-corrected chi connectivity index (χ0v) is 14.7. The number of fused-ring (bicyclic) bond motifs is 1. The number of nitrogens with zero attached hydrogens (tertiary/aromatic N) is 1. The largest absolute Gasteiger partial charge is 0.486 e. The topological polar surface area (TPSA) is 50.8 Å². The fraction of sp³-hybridized carbons (Fsp3) is 0.632. The van der Waals surface area contributed by atoms with Gasteiger partial charge in [-0.3, -0.25) is 4.79 Å². The van der Waals surface area contributed by atoms with E-state index in [4.69, 9.17) is 9.47 Å². The zero-order valence-electron chi connectivity index (χ0n) is 14.7. The summed E-state index contributed by atoms with van der Waals surface area (Å²) in [4.78, 5) is 14.0. The van der Waals surface area contributed by atoms with E-state index in [9.17, 15) is 4.79 Å². The van der Waals surface area contributed by atoms with Crippen molar-refractivity contribution in [3.05, 3.63) is 23.8 Å². The van der Waals surface area contributed by atoms with Gasteiger partial charge in [-0.1, -0.05) is 32.4 Å². The van der Waals surface area contributed by atoms with Crippen LogP contribution in [-0.2, 0) is 11.3 Å². The lowest BCUT2D eigenvalue weighted by atomic mass is 9.89. The second-order valence-electron chi connectivity index (χ2n) is 6.58. The van der Waals surface area contributed by atoms with E-state index in [0.29, 0.717) is 31.6 Å². The molecule has 0 saturated carbocycles. The van der Waals surface area contributed by atoms with E-state index in [0.717, 1.165) is 49.5 Å². The molecule has 0 spiro atoms. The first kappa shape index (κ1) is 17.1. The minimum absolute atomic E-state index is 0.273. The van der Waals surface area contributed by atoms with E-state index in [1.807, 2.05) is 24.0 Å². The number of rotatable bonds is 5. The maximum absolute atomic E-state index is 11.9. The molecule has 24 heavy (non-hydrogen) atoms. The Balaban J connectivity index is 1.61. The Morgan fingerprint density at radius 2 is 2.12 bits per heavy atom. The second-order valence-corrected chi connectivity index (χ2v) is 6.58. The third kappa shape index (κ3) is 3.66. The molecule has 1 saturated heterocycles. The van der Waals surface area contributed by atoms with Crippen LogP contribution in [0.2, 0.25) is 0 Å². The molecule has 5 nitrogen and oxygen atoms in total. The van der Waals surface area contributed by atoms with Crippen LogP contribution in [0.25, 0.3) is 0 Å². The molecule has 1 amide bonds. The van der Waals surface area contributed by atoms with Crippen molar-refractivity contribution in [3.63, 3.8) is 0 Å². The van der Waals surface area contributed by atoms with E-state index in [1.54, 1.807) is 0 Å². The quantitative estimate of drug-likeness (QED) is 0.900.